The number of phosphoric acid groups is 1. The number of rotatable bonds is 41. The number of amides is 1. The maximum Gasteiger partial charge on any atom is 0.469 e. The number of hydrogen-bond donors (Lipinski definition) is 3. The lowest BCUT2D eigenvalue weighted by Gasteiger charge is -2.18. The van der Waals surface area contributed by atoms with Crippen LogP contribution in [0.4, 0.5) is 0 Å². The number of Topliss-reactive ketones (excluding diaryl/α,β-unsaturated/α-hetero) is 1. The number of phosphoric ester groups is 1. The summed E-state index contributed by atoms with van der Waals surface area (Å²) in [4.78, 5) is 69.3. The fraction of sp³-hybridized carbons (Fsp3) is 0.787. The number of unbranched alkanes of at least 4 members (excludes halogenated alkanes) is 25. The largest absolute Gasteiger partial charge is 0.469 e. The van der Waals surface area contributed by atoms with Crippen LogP contribution in [0, 0.1) is 0 Å². The van der Waals surface area contributed by atoms with E-state index in [1.165, 1.54) is 116 Å². The van der Waals surface area contributed by atoms with Crippen LogP contribution < -0.4 is 5.32 Å². The molecule has 1 unspecified atom stereocenters. The lowest BCUT2D eigenvalue weighted by molar-refractivity contribution is -0.147. The molecule has 0 fully saturated rings. The molecule has 0 spiro atoms. The van der Waals surface area contributed by atoms with Crippen LogP contribution in [0.25, 0.3) is 0 Å². The van der Waals surface area contributed by atoms with E-state index in [2.05, 4.69) is 23.7 Å². The maximum absolute atomic E-state index is 13.3. The van der Waals surface area contributed by atoms with Gasteiger partial charge < -0.3 is 24.6 Å². The van der Waals surface area contributed by atoms with Crippen LogP contribution >= 0.6 is 7.82 Å². The summed E-state index contributed by atoms with van der Waals surface area (Å²) in [6.45, 7) is 5.04. The second-order valence-electron chi connectivity index (χ2n) is 16.2. The fourth-order valence-corrected chi connectivity index (χ4v) is 7.41. The Morgan fingerprint density at radius 2 is 0.915 bits per heavy atom. The van der Waals surface area contributed by atoms with Crippen molar-refractivity contribution in [2.75, 3.05) is 19.8 Å². The highest BCUT2D eigenvalue weighted by Crippen LogP contribution is 2.35. The van der Waals surface area contributed by atoms with Gasteiger partial charge in [-0.3, -0.25) is 18.9 Å². The van der Waals surface area contributed by atoms with Crippen molar-refractivity contribution >= 4 is 31.5 Å². The van der Waals surface area contributed by atoms with Crippen LogP contribution in [0.3, 0.4) is 0 Å². The summed E-state index contributed by atoms with van der Waals surface area (Å²) in [7, 11) is -4.46. The van der Waals surface area contributed by atoms with Gasteiger partial charge >= 0.3 is 19.8 Å². The van der Waals surface area contributed by atoms with E-state index in [0.717, 1.165) is 38.5 Å². The Bertz CT molecular complexity index is 1270. The number of ketones is 1. The monoisotopic (exact) mass is 852 g/mol. The molecule has 0 heterocycles. The molecule has 340 valence electrons. The van der Waals surface area contributed by atoms with E-state index in [1.807, 2.05) is 0 Å². The summed E-state index contributed by atoms with van der Waals surface area (Å²) < 4.78 is 26.2. The van der Waals surface area contributed by atoms with Gasteiger partial charge in [0.05, 0.1) is 19.8 Å². The Morgan fingerprint density at radius 3 is 1.37 bits per heavy atom. The molecule has 0 saturated carbocycles. The standard InChI is InChI=1S/C47H82NO10P/c1-3-5-7-9-11-13-15-17-19-21-24-28-38-56-45(50)37-36-43(47(52)57-39-29-25-22-20-18-16-14-12-10-8-6-4-2)48-46(51)42-34-32-41(33-35-42)44(49)31-27-23-26-30-40-58-59(53,54)55/h32-35,43H,3-31,36-40H2,1-2H3,(H,48,51)(H2,53,54,55). The predicted octanol–water partition coefficient (Wildman–Crippen LogP) is 12.3. The van der Waals surface area contributed by atoms with Crippen LogP contribution in [0.5, 0.6) is 0 Å². The van der Waals surface area contributed by atoms with E-state index < -0.39 is 31.7 Å². The highest BCUT2D eigenvalue weighted by molar-refractivity contribution is 7.46. The first-order chi connectivity index (χ1) is 28.6. The van der Waals surface area contributed by atoms with Gasteiger partial charge in [0.25, 0.3) is 5.91 Å². The minimum atomic E-state index is -4.46. The van der Waals surface area contributed by atoms with Crippen molar-refractivity contribution < 1.29 is 47.5 Å². The van der Waals surface area contributed by atoms with Gasteiger partial charge in [-0.2, -0.15) is 0 Å². The SMILES string of the molecule is CCCCCCCCCCCCCCOC(=O)CCC(NC(=O)c1ccc(C(=O)CCCCCCOP(=O)(O)O)cc1)C(=O)OCCCCCCCCCCCCCC. The maximum atomic E-state index is 13.3. The average molecular weight is 852 g/mol. The zero-order valence-electron chi connectivity index (χ0n) is 37.0. The Morgan fingerprint density at radius 1 is 0.525 bits per heavy atom. The Kier molecular flexibility index (Phi) is 34.3. The van der Waals surface area contributed by atoms with Crippen LogP contribution in [0.15, 0.2) is 24.3 Å². The molecule has 0 aromatic heterocycles. The molecule has 0 saturated heterocycles. The molecule has 12 heteroatoms. The molecule has 3 N–H and O–H groups in total. The molecular weight excluding hydrogens is 769 g/mol. The van der Waals surface area contributed by atoms with E-state index in [1.54, 1.807) is 24.3 Å². The summed E-state index contributed by atoms with van der Waals surface area (Å²) in [5.41, 5.74) is 0.737. The van der Waals surface area contributed by atoms with Crippen molar-refractivity contribution in [1.82, 2.24) is 5.32 Å². The number of benzene rings is 1. The first-order valence-corrected chi connectivity index (χ1v) is 25.1. The zero-order valence-corrected chi connectivity index (χ0v) is 37.9. The minimum Gasteiger partial charge on any atom is -0.466 e. The van der Waals surface area contributed by atoms with Crippen molar-refractivity contribution in [3.63, 3.8) is 0 Å². The number of nitrogens with one attached hydrogen (secondary N) is 1. The van der Waals surface area contributed by atoms with E-state index >= 15 is 0 Å². The topological polar surface area (TPSA) is 166 Å². The van der Waals surface area contributed by atoms with E-state index in [9.17, 15) is 23.7 Å². The van der Waals surface area contributed by atoms with Gasteiger partial charge in [0, 0.05) is 24.0 Å². The summed E-state index contributed by atoms with van der Waals surface area (Å²) >= 11 is 0. The third kappa shape index (κ3) is 32.8. The molecule has 0 radical (unpaired) electrons. The fourth-order valence-electron chi connectivity index (χ4n) is 7.05. The quantitative estimate of drug-likeness (QED) is 0.0250. The zero-order chi connectivity index (χ0) is 43.2. The number of hydrogen-bond acceptors (Lipinski definition) is 8. The molecule has 0 aliphatic carbocycles. The Balaban J connectivity index is 2.52. The normalized spacial score (nSPS) is 12.0. The van der Waals surface area contributed by atoms with Crippen molar-refractivity contribution in [3.05, 3.63) is 35.4 Å². The molecule has 1 atom stereocenters. The Labute approximate surface area is 357 Å². The smallest absolute Gasteiger partial charge is 0.466 e. The van der Waals surface area contributed by atoms with Crippen LogP contribution in [0.1, 0.15) is 234 Å². The average Bonchev–Trinajstić information content (AvgIpc) is 3.21. The van der Waals surface area contributed by atoms with Gasteiger partial charge in [-0.15, -0.1) is 0 Å². The molecule has 11 nitrogen and oxygen atoms in total. The molecular formula is C47H82NO10P. The second-order valence-corrected chi connectivity index (χ2v) is 17.5. The van der Waals surface area contributed by atoms with E-state index in [4.69, 9.17) is 19.3 Å². The molecule has 1 aromatic carbocycles. The van der Waals surface area contributed by atoms with Gasteiger partial charge in [-0.05, 0) is 44.2 Å². The van der Waals surface area contributed by atoms with Gasteiger partial charge in [0.2, 0.25) is 0 Å². The Hall–Kier alpha value is -2.59. The van der Waals surface area contributed by atoms with Crippen molar-refractivity contribution in [1.29, 1.82) is 0 Å². The van der Waals surface area contributed by atoms with Crippen molar-refractivity contribution in [3.8, 4) is 0 Å². The van der Waals surface area contributed by atoms with Crippen molar-refractivity contribution in [2.45, 2.75) is 219 Å². The van der Waals surface area contributed by atoms with Gasteiger partial charge in [-0.1, -0.05) is 180 Å². The number of esters is 2. The predicted molar refractivity (Wildman–Crippen MR) is 236 cm³/mol. The molecule has 0 bridgehead atoms. The number of ether oxygens (including phenoxy) is 2. The lowest BCUT2D eigenvalue weighted by atomic mass is 10.0. The summed E-state index contributed by atoms with van der Waals surface area (Å²) in [6.07, 6.45) is 31.9. The van der Waals surface area contributed by atoms with Gasteiger partial charge in [0.15, 0.2) is 5.78 Å². The van der Waals surface area contributed by atoms with Gasteiger partial charge in [0.1, 0.15) is 6.04 Å². The molecule has 0 aliphatic heterocycles. The highest BCUT2D eigenvalue weighted by atomic mass is 31.2. The third-order valence-corrected chi connectivity index (χ3v) is 11.3. The molecule has 1 rings (SSSR count). The molecule has 1 amide bonds. The van der Waals surface area contributed by atoms with E-state index in [-0.39, 0.29) is 37.4 Å². The number of carbonyl (C=O) groups excluding carboxylic acids is 4. The number of carbonyl (C=O) groups is 4. The first kappa shape index (κ1) is 54.4. The highest BCUT2D eigenvalue weighted by Gasteiger charge is 2.24. The third-order valence-electron chi connectivity index (χ3n) is 10.8. The first-order valence-electron chi connectivity index (χ1n) is 23.5. The van der Waals surface area contributed by atoms with Crippen LogP contribution in [-0.2, 0) is 28.2 Å². The summed E-state index contributed by atoms with van der Waals surface area (Å²) in [5, 5.41) is 2.75. The lowest BCUT2D eigenvalue weighted by Crippen LogP contribution is -2.42. The summed E-state index contributed by atoms with van der Waals surface area (Å²) in [5.74, 6) is -1.56. The molecule has 1 aromatic rings. The van der Waals surface area contributed by atoms with Gasteiger partial charge in [-0.25, -0.2) is 9.36 Å². The van der Waals surface area contributed by atoms with Crippen LogP contribution in [-0.4, -0.2) is 59.3 Å². The van der Waals surface area contributed by atoms with Crippen molar-refractivity contribution in [2.24, 2.45) is 0 Å². The van der Waals surface area contributed by atoms with E-state index in [0.29, 0.717) is 44.3 Å². The summed E-state index contributed by atoms with van der Waals surface area (Å²) in [6, 6.07) is 5.23. The van der Waals surface area contributed by atoms with Crippen LogP contribution in [0.2, 0.25) is 0 Å². The second kappa shape index (κ2) is 37.2. The molecule has 59 heavy (non-hydrogen) atoms. The molecule has 0 aliphatic rings. The minimum absolute atomic E-state index is 0.0267.